The molecule has 3 aromatic rings. The Bertz CT molecular complexity index is 807. The molecule has 0 aliphatic carbocycles. The van der Waals surface area contributed by atoms with Crippen LogP contribution in [0.4, 0.5) is 10.1 Å². The summed E-state index contributed by atoms with van der Waals surface area (Å²) in [5.74, 6) is 0.0889. The summed E-state index contributed by atoms with van der Waals surface area (Å²) in [7, 11) is 0. The molecule has 0 fully saturated rings. The van der Waals surface area contributed by atoms with Crippen molar-refractivity contribution < 1.29 is 9.13 Å². The number of nitrogens with zero attached hydrogens (tertiary/aromatic N) is 1. The number of rotatable bonds is 3. The zero-order valence-electron chi connectivity index (χ0n) is 11.0. The lowest BCUT2D eigenvalue weighted by molar-refractivity contribution is 0.303. The van der Waals surface area contributed by atoms with E-state index in [1.165, 1.54) is 6.07 Å². The number of nitrogen functional groups attached to an aromatic ring is 1. The van der Waals surface area contributed by atoms with Crippen molar-refractivity contribution in [2.24, 2.45) is 0 Å². The van der Waals surface area contributed by atoms with E-state index in [0.29, 0.717) is 22.5 Å². The van der Waals surface area contributed by atoms with Gasteiger partial charge in [-0.3, -0.25) is 4.98 Å². The fourth-order valence-electron chi connectivity index (χ4n) is 2.10. The highest BCUT2D eigenvalue weighted by Crippen LogP contribution is 2.29. The van der Waals surface area contributed by atoms with Crippen molar-refractivity contribution in [3.05, 3.63) is 65.1 Å². The normalized spacial score (nSPS) is 10.8. The largest absolute Gasteiger partial charge is 0.487 e. The zero-order valence-corrected chi connectivity index (χ0v) is 11.8. The van der Waals surface area contributed by atoms with Crippen LogP contribution in [0.1, 0.15) is 5.56 Å². The van der Waals surface area contributed by atoms with E-state index in [9.17, 15) is 4.39 Å². The number of aromatic nitrogens is 1. The highest BCUT2D eigenvalue weighted by atomic mass is 35.5. The smallest absolute Gasteiger partial charge is 0.148 e. The Balaban J connectivity index is 1.92. The van der Waals surface area contributed by atoms with Crippen LogP contribution in [0, 0.1) is 5.82 Å². The number of hydrogen-bond donors (Lipinski definition) is 1. The molecule has 0 amide bonds. The summed E-state index contributed by atoms with van der Waals surface area (Å²) in [5, 5.41) is 0.887. The van der Waals surface area contributed by atoms with E-state index in [1.54, 1.807) is 36.5 Å². The van der Waals surface area contributed by atoms with Gasteiger partial charge in [-0.25, -0.2) is 4.39 Å². The van der Waals surface area contributed by atoms with Gasteiger partial charge in [0.2, 0.25) is 0 Å². The molecule has 3 nitrogen and oxygen atoms in total. The van der Waals surface area contributed by atoms with Gasteiger partial charge in [0.05, 0.1) is 5.02 Å². The predicted molar refractivity (Wildman–Crippen MR) is 81.9 cm³/mol. The van der Waals surface area contributed by atoms with Crippen LogP contribution in [0.2, 0.25) is 5.02 Å². The van der Waals surface area contributed by atoms with Crippen molar-refractivity contribution in [1.29, 1.82) is 0 Å². The van der Waals surface area contributed by atoms with E-state index in [4.69, 9.17) is 22.1 Å². The number of fused-ring (bicyclic) bond motifs is 1. The average molecular weight is 303 g/mol. The first-order chi connectivity index (χ1) is 10.2. The van der Waals surface area contributed by atoms with Crippen molar-refractivity contribution in [1.82, 2.24) is 4.98 Å². The molecule has 0 bridgehead atoms. The molecule has 0 aliphatic rings. The van der Waals surface area contributed by atoms with Crippen LogP contribution >= 0.6 is 11.6 Å². The molecule has 0 atom stereocenters. The minimum absolute atomic E-state index is 0.0714. The van der Waals surface area contributed by atoms with Gasteiger partial charge in [0.15, 0.2) is 0 Å². The van der Waals surface area contributed by atoms with Crippen molar-refractivity contribution in [2.45, 2.75) is 6.61 Å². The van der Waals surface area contributed by atoms with E-state index in [0.717, 1.165) is 5.39 Å². The number of ether oxygens (including phenoxy) is 1. The van der Waals surface area contributed by atoms with E-state index < -0.39 is 5.82 Å². The monoisotopic (exact) mass is 302 g/mol. The van der Waals surface area contributed by atoms with Crippen molar-refractivity contribution >= 4 is 28.2 Å². The molecule has 2 aromatic carbocycles. The van der Waals surface area contributed by atoms with Crippen LogP contribution in [-0.2, 0) is 6.61 Å². The van der Waals surface area contributed by atoms with Gasteiger partial charge in [-0.15, -0.1) is 0 Å². The van der Waals surface area contributed by atoms with Crippen LogP contribution in [-0.4, -0.2) is 4.98 Å². The second-order valence-corrected chi connectivity index (χ2v) is 4.96. The van der Waals surface area contributed by atoms with Gasteiger partial charge in [-0.05, 0) is 30.3 Å². The highest BCUT2D eigenvalue weighted by Gasteiger charge is 2.09. The first kappa shape index (κ1) is 13.6. The number of halogens is 2. The molecular weight excluding hydrogens is 291 g/mol. The van der Waals surface area contributed by atoms with Crippen LogP contribution in [0.25, 0.3) is 10.9 Å². The first-order valence-electron chi connectivity index (χ1n) is 6.35. The summed E-state index contributed by atoms with van der Waals surface area (Å²) in [6, 6.07) is 12.0. The maximum atomic E-state index is 13.8. The van der Waals surface area contributed by atoms with Gasteiger partial charge in [-0.1, -0.05) is 23.7 Å². The van der Waals surface area contributed by atoms with Gasteiger partial charge in [0.1, 0.15) is 23.7 Å². The third-order valence-electron chi connectivity index (χ3n) is 3.18. The lowest BCUT2D eigenvalue weighted by atomic mass is 10.1. The molecule has 3 rings (SSSR count). The van der Waals surface area contributed by atoms with Crippen LogP contribution < -0.4 is 10.5 Å². The minimum atomic E-state index is -0.466. The molecule has 2 N–H and O–H groups in total. The Kier molecular flexibility index (Phi) is 3.62. The van der Waals surface area contributed by atoms with Gasteiger partial charge >= 0.3 is 0 Å². The number of anilines is 1. The Morgan fingerprint density at radius 2 is 2.00 bits per heavy atom. The number of pyridine rings is 1. The fraction of sp³-hybridized carbons (Fsp3) is 0.0625. The second kappa shape index (κ2) is 5.58. The SMILES string of the molecule is Nc1ccc(OCc2cccc(Cl)c2F)c2ncccc12. The maximum absolute atomic E-state index is 13.8. The predicted octanol–water partition coefficient (Wildman–Crippen LogP) is 4.19. The third-order valence-corrected chi connectivity index (χ3v) is 3.47. The van der Waals surface area contributed by atoms with Crippen molar-refractivity contribution in [3.8, 4) is 5.75 Å². The lowest BCUT2D eigenvalue weighted by Crippen LogP contribution is -2.00. The number of benzene rings is 2. The van der Waals surface area contributed by atoms with E-state index in [-0.39, 0.29) is 11.6 Å². The van der Waals surface area contributed by atoms with Gasteiger partial charge in [0.25, 0.3) is 0 Å². The number of nitrogens with two attached hydrogens (primary N) is 1. The molecular formula is C16H12ClFN2O. The summed E-state index contributed by atoms with van der Waals surface area (Å²) in [4.78, 5) is 4.27. The molecule has 0 radical (unpaired) electrons. The topological polar surface area (TPSA) is 48.1 Å². The van der Waals surface area contributed by atoms with Crippen molar-refractivity contribution in [3.63, 3.8) is 0 Å². The number of hydrogen-bond acceptors (Lipinski definition) is 3. The molecule has 1 aromatic heterocycles. The Labute approximate surface area is 126 Å². The summed E-state index contributed by atoms with van der Waals surface area (Å²) >= 11 is 5.75. The lowest BCUT2D eigenvalue weighted by Gasteiger charge is -2.11. The van der Waals surface area contributed by atoms with E-state index in [2.05, 4.69) is 4.98 Å². The summed E-state index contributed by atoms with van der Waals surface area (Å²) in [6.07, 6.45) is 1.66. The zero-order chi connectivity index (χ0) is 14.8. The minimum Gasteiger partial charge on any atom is -0.487 e. The van der Waals surface area contributed by atoms with Crippen LogP contribution in [0.15, 0.2) is 48.7 Å². The fourth-order valence-corrected chi connectivity index (χ4v) is 2.29. The summed E-state index contributed by atoms with van der Waals surface area (Å²) in [6.45, 7) is 0.0714. The molecule has 0 spiro atoms. The van der Waals surface area contributed by atoms with E-state index >= 15 is 0 Å². The molecule has 21 heavy (non-hydrogen) atoms. The maximum Gasteiger partial charge on any atom is 0.148 e. The van der Waals surface area contributed by atoms with Crippen LogP contribution in [0.5, 0.6) is 5.75 Å². The highest BCUT2D eigenvalue weighted by molar-refractivity contribution is 6.30. The average Bonchev–Trinajstić information content (AvgIpc) is 2.51. The molecule has 0 saturated heterocycles. The first-order valence-corrected chi connectivity index (χ1v) is 6.73. The standard InChI is InChI=1S/C16H12ClFN2O/c17-12-5-1-3-10(15(12)18)9-21-14-7-6-13(19)11-4-2-8-20-16(11)14/h1-8H,9,19H2. The molecule has 0 saturated carbocycles. The summed E-state index contributed by atoms with van der Waals surface area (Å²) in [5.41, 5.74) is 7.57. The Morgan fingerprint density at radius 3 is 2.86 bits per heavy atom. The molecule has 0 aliphatic heterocycles. The Hall–Kier alpha value is -2.33. The van der Waals surface area contributed by atoms with Gasteiger partial charge < -0.3 is 10.5 Å². The van der Waals surface area contributed by atoms with Crippen molar-refractivity contribution in [2.75, 3.05) is 5.73 Å². The van der Waals surface area contributed by atoms with Gasteiger partial charge in [-0.2, -0.15) is 0 Å². The van der Waals surface area contributed by atoms with Crippen LogP contribution in [0.3, 0.4) is 0 Å². The quantitative estimate of drug-likeness (QED) is 0.738. The Morgan fingerprint density at radius 1 is 1.14 bits per heavy atom. The van der Waals surface area contributed by atoms with E-state index in [1.807, 2.05) is 6.07 Å². The molecule has 1 heterocycles. The molecule has 0 unspecified atom stereocenters. The molecule has 106 valence electrons. The third kappa shape index (κ3) is 2.62. The van der Waals surface area contributed by atoms with Gasteiger partial charge in [0, 0.05) is 22.8 Å². The molecule has 5 heteroatoms. The summed E-state index contributed by atoms with van der Waals surface area (Å²) < 4.78 is 19.5. The second-order valence-electron chi connectivity index (χ2n) is 4.55.